The molecule has 3 N–H and O–H groups in total. The molecule has 5 heteroatoms. The minimum Gasteiger partial charge on any atom is -0.271 e. The molecule has 0 fully saturated rings. The van der Waals surface area contributed by atoms with Crippen molar-refractivity contribution in [3.05, 3.63) is 68.4 Å². The first-order valence-electron chi connectivity index (χ1n) is 6.17. The van der Waals surface area contributed by atoms with Crippen molar-refractivity contribution in [3.63, 3.8) is 0 Å². The fraction of sp³-hybridized carbons (Fsp3) is 0.200. The predicted octanol–water partition coefficient (Wildman–Crippen LogP) is 4.30. The van der Waals surface area contributed by atoms with Gasteiger partial charge in [0, 0.05) is 9.50 Å². The van der Waals surface area contributed by atoms with Gasteiger partial charge < -0.3 is 0 Å². The van der Waals surface area contributed by atoms with Crippen LogP contribution in [0.2, 0.25) is 5.02 Å². The molecular formula is C15H15BrClFN2. The predicted molar refractivity (Wildman–Crippen MR) is 84.1 cm³/mol. The van der Waals surface area contributed by atoms with E-state index in [1.807, 2.05) is 25.1 Å². The van der Waals surface area contributed by atoms with Gasteiger partial charge in [-0.3, -0.25) is 11.3 Å². The molecule has 2 aromatic rings. The van der Waals surface area contributed by atoms with Crippen LogP contribution in [-0.4, -0.2) is 0 Å². The average Bonchev–Trinajstić information content (AvgIpc) is 2.41. The Labute approximate surface area is 131 Å². The number of aryl methyl sites for hydroxylation is 1. The molecule has 106 valence electrons. The summed E-state index contributed by atoms with van der Waals surface area (Å²) < 4.78 is 14.1. The van der Waals surface area contributed by atoms with Crippen molar-refractivity contribution in [2.45, 2.75) is 19.4 Å². The van der Waals surface area contributed by atoms with E-state index >= 15 is 0 Å². The summed E-state index contributed by atoms with van der Waals surface area (Å²) in [5.74, 6) is 5.30. The number of nitrogens with one attached hydrogen (secondary N) is 1. The molecule has 1 atom stereocenters. The third-order valence-electron chi connectivity index (χ3n) is 3.24. The zero-order valence-corrected chi connectivity index (χ0v) is 13.3. The Morgan fingerprint density at radius 1 is 1.30 bits per heavy atom. The molecular weight excluding hydrogens is 343 g/mol. The summed E-state index contributed by atoms with van der Waals surface area (Å²) in [6.07, 6.45) is 0.588. The first-order chi connectivity index (χ1) is 9.51. The highest BCUT2D eigenvalue weighted by atomic mass is 79.9. The normalized spacial score (nSPS) is 12.4. The quantitative estimate of drug-likeness (QED) is 0.632. The molecule has 0 aromatic heterocycles. The molecule has 2 nitrogen and oxygen atoms in total. The standard InChI is InChI=1S/C15H15BrClFN2/c1-9-2-3-11(6-13(9)16)15(20-19)7-10-4-5-12(18)8-14(10)17/h2-6,8,15,20H,7,19H2,1H3. The van der Waals surface area contributed by atoms with Gasteiger partial charge in [0.05, 0.1) is 6.04 Å². The topological polar surface area (TPSA) is 38.0 Å². The van der Waals surface area contributed by atoms with Crippen LogP contribution < -0.4 is 11.3 Å². The van der Waals surface area contributed by atoms with E-state index in [0.29, 0.717) is 11.4 Å². The number of rotatable bonds is 4. The number of hydrazine groups is 1. The summed E-state index contributed by atoms with van der Waals surface area (Å²) >= 11 is 9.57. The number of hydrogen-bond acceptors (Lipinski definition) is 2. The Balaban J connectivity index is 2.26. The molecule has 0 saturated carbocycles. The second-order valence-electron chi connectivity index (χ2n) is 4.67. The fourth-order valence-corrected chi connectivity index (χ4v) is 2.65. The molecule has 0 saturated heterocycles. The number of benzene rings is 2. The molecule has 0 bridgehead atoms. The summed E-state index contributed by atoms with van der Waals surface area (Å²) in [6.45, 7) is 2.02. The molecule has 0 aliphatic heterocycles. The maximum atomic E-state index is 13.1. The molecule has 0 aliphatic carbocycles. The van der Waals surface area contributed by atoms with E-state index in [-0.39, 0.29) is 11.9 Å². The van der Waals surface area contributed by atoms with Gasteiger partial charge in [0.15, 0.2) is 0 Å². The summed E-state index contributed by atoms with van der Waals surface area (Å²) in [5.41, 5.74) is 5.84. The lowest BCUT2D eigenvalue weighted by atomic mass is 9.98. The fourth-order valence-electron chi connectivity index (χ4n) is 2.01. The first-order valence-corrected chi connectivity index (χ1v) is 7.34. The SMILES string of the molecule is Cc1ccc(C(Cc2ccc(F)cc2Cl)NN)cc1Br. The van der Waals surface area contributed by atoms with E-state index in [1.54, 1.807) is 6.07 Å². The zero-order chi connectivity index (χ0) is 14.7. The van der Waals surface area contributed by atoms with Gasteiger partial charge in [-0.1, -0.05) is 45.7 Å². The highest BCUT2D eigenvalue weighted by Gasteiger charge is 2.14. The first kappa shape index (κ1) is 15.4. The Morgan fingerprint density at radius 2 is 2.05 bits per heavy atom. The minimum absolute atomic E-state index is 0.0881. The van der Waals surface area contributed by atoms with E-state index in [9.17, 15) is 4.39 Å². The third-order valence-corrected chi connectivity index (χ3v) is 4.44. The molecule has 2 aromatic carbocycles. The van der Waals surface area contributed by atoms with Crippen molar-refractivity contribution in [1.29, 1.82) is 0 Å². The Hall–Kier alpha value is -0.940. The van der Waals surface area contributed by atoms with Crippen LogP contribution in [0.5, 0.6) is 0 Å². The van der Waals surface area contributed by atoms with Gasteiger partial charge in [-0.15, -0.1) is 0 Å². The van der Waals surface area contributed by atoms with Gasteiger partial charge in [0.25, 0.3) is 0 Å². The molecule has 0 radical (unpaired) electrons. The van der Waals surface area contributed by atoms with Gasteiger partial charge in [0.2, 0.25) is 0 Å². The van der Waals surface area contributed by atoms with Crippen LogP contribution in [0.4, 0.5) is 4.39 Å². The van der Waals surface area contributed by atoms with Crippen molar-refractivity contribution >= 4 is 27.5 Å². The Bertz CT molecular complexity index is 619. The van der Waals surface area contributed by atoms with Gasteiger partial charge >= 0.3 is 0 Å². The molecule has 20 heavy (non-hydrogen) atoms. The highest BCUT2D eigenvalue weighted by molar-refractivity contribution is 9.10. The van der Waals surface area contributed by atoms with Crippen LogP contribution in [-0.2, 0) is 6.42 Å². The zero-order valence-electron chi connectivity index (χ0n) is 11.0. The monoisotopic (exact) mass is 356 g/mol. The summed E-state index contributed by atoms with van der Waals surface area (Å²) in [7, 11) is 0. The summed E-state index contributed by atoms with van der Waals surface area (Å²) in [5, 5.41) is 0.413. The van der Waals surface area contributed by atoms with Gasteiger partial charge in [0.1, 0.15) is 5.82 Å². The van der Waals surface area contributed by atoms with Crippen LogP contribution in [0.25, 0.3) is 0 Å². The minimum atomic E-state index is -0.339. The maximum absolute atomic E-state index is 13.1. The van der Waals surface area contributed by atoms with Gasteiger partial charge in [-0.05, 0) is 48.2 Å². The van der Waals surface area contributed by atoms with Crippen molar-refractivity contribution in [2.75, 3.05) is 0 Å². The molecule has 2 rings (SSSR count). The van der Waals surface area contributed by atoms with Crippen molar-refractivity contribution in [2.24, 2.45) is 5.84 Å². The lowest BCUT2D eigenvalue weighted by Gasteiger charge is -2.18. The number of halogens is 3. The van der Waals surface area contributed by atoms with Crippen LogP contribution in [0.1, 0.15) is 22.7 Å². The molecule has 0 spiro atoms. The second kappa shape index (κ2) is 6.68. The van der Waals surface area contributed by atoms with Gasteiger partial charge in [-0.25, -0.2) is 4.39 Å². The Kier molecular flexibility index (Phi) is 5.16. The second-order valence-corrected chi connectivity index (χ2v) is 5.93. The van der Waals surface area contributed by atoms with Crippen molar-refractivity contribution in [1.82, 2.24) is 5.43 Å². The van der Waals surface area contributed by atoms with Crippen LogP contribution in [0.3, 0.4) is 0 Å². The van der Waals surface area contributed by atoms with E-state index in [4.69, 9.17) is 17.4 Å². The molecule has 0 heterocycles. The molecule has 0 aliphatic rings. The van der Waals surface area contributed by atoms with Crippen molar-refractivity contribution < 1.29 is 4.39 Å². The summed E-state index contributed by atoms with van der Waals surface area (Å²) in [4.78, 5) is 0. The maximum Gasteiger partial charge on any atom is 0.124 e. The van der Waals surface area contributed by atoms with Crippen LogP contribution in [0.15, 0.2) is 40.9 Å². The average molecular weight is 358 g/mol. The Morgan fingerprint density at radius 3 is 2.65 bits per heavy atom. The van der Waals surface area contributed by atoms with E-state index in [2.05, 4.69) is 21.4 Å². The highest BCUT2D eigenvalue weighted by Crippen LogP contribution is 2.26. The smallest absolute Gasteiger partial charge is 0.124 e. The van der Waals surface area contributed by atoms with Gasteiger partial charge in [-0.2, -0.15) is 0 Å². The molecule has 0 amide bonds. The lowest BCUT2D eigenvalue weighted by molar-refractivity contribution is 0.550. The van der Waals surface area contributed by atoms with E-state index in [0.717, 1.165) is 21.2 Å². The van der Waals surface area contributed by atoms with Crippen LogP contribution >= 0.6 is 27.5 Å². The third kappa shape index (κ3) is 3.58. The molecule has 1 unspecified atom stereocenters. The van der Waals surface area contributed by atoms with E-state index < -0.39 is 0 Å². The van der Waals surface area contributed by atoms with Crippen LogP contribution in [0, 0.1) is 12.7 Å². The van der Waals surface area contributed by atoms with Crippen molar-refractivity contribution in [3.8, 4) is 0 Å². The largest absolute Gasteiger partial charge is 0.271 e. The number of nitrogens with two attached hydrogens (primary N) is 1. The van der Waals surface area contributed by atoms with E-state index in [1.165, 1.54) is 12.1 Å². The lowest BCUT2D eigenvalue weighted by Crippen LogP contribution is -2.29. The summed E-state index contributed by atoms with van der Waals surface area (Å²) in [6, 6.07) is 10.4. The number of hydrogen-bond donors (Lipinski definition) is 2.